The third-order valence-electron chi connectivity index (χ3n) is 2.90. The quantitative estimate of drug-likeness (QED) is 0.492. The lowest BCUT2D eigenvalue weighted by Gasteiger charge is -2.04. The summed E-state index contributed by atoms with van der Waals surface area (Å²) in [6.45, 7) is 1.26. The van der Waals surface area contributed by atoms with E-state index in [1.165, 1.54) is 23.1 Å². The van der Waals surface area contributed by atoms with Gasteiger partial charge in [-0.2, -0.15) is 0 Å². The Hall–Kier alpha value is -1.84. The number of nitrogens with one attached hydrogen (secondary N) is 2. The number of anilines is 2. The second-order valence-corrected chi connectivity index (χ2v) is 6.92. The van der Waals surface area contributed by atoms with Gasteiger partial charge in [0, 0.05) is 32.0 Å². The second kappa shape index (κ2) is 10.1. The van der Waals surface area contributed by atoms with Crippen molar-refractivity contribution in [1.82, 2.24) is 15.5 Å². The van der Waals surface area contributed by atoms with Crippen molar-refractivity contribution < 1.29 is 14.3 Å². The molecule has 0 aliphatic carbocycles. The predicted octanol–water partition coefficient (Wildman–Crippen LogP) is 2.54. The molecular formula is C15H20N4O3S2. The zero-order valence-electron chi connectivity index (χ0n) is 13.6. The van der Waals surface area contributed by atoms with Crippen LogP contribution in [0.25, 0.3) is 0 Å². The average molecular weight is 368 g/mol. The summed E-state index contributed by atoms with van der Waals surface area (Å²) >= 11 is 2.77. The molecule has 2 N–H and O–H groups in total. The van der Waals surface area contributed by atoms with Crippen LogP contribution in [0.2, 0.25) is 0 Å². The summed E-state index contributed by atoms with van der Waals surface area (Å²) in [6, 6.07) is 7.56. The van der Waals surface area contributed by atoms with Gasteiger partial charge in [-0.3, -0.25) is 4.79 Å². The highest BCUT2D eigenvalue weighted by atomic mass is 32.2. The van der Waals surface area contributed by atoms with Crippen LogP contribution in [0.3, 0.4) is 0 Å². The summed E-state index contributed by atoms with van der Waals surface area (Å²) in [5.74, 6) is 1.07. The molecule has 0 atom stereocenters. The van der Waals surface area contributed by atoms with Crippen LogP contribution in [0, 0.1) is 0 Å². The minimum absolute atomic E-state index is 0.0198. The highest BCUT2D eigenvalue weighted by Gasteiger charge is 2.08. The molecule has 0 unspecified atom stereocenters. The summed E-state index contributed by atoms with van der Waals surface area (Å²) in [7, 11) is 3.27. The van der Waals surface area contributed by atoms with E-state index < -0.39 is 0 Å². The van der Waals surface area contributed by atoms with Gasteiger partial charge >= 0.3 is 0 Å². The highest BCUT2D eigenvalue weighted by Crippen LogP contribution is 2.28. The number of benzene rings is 1. The molecule has 130 valence electrons. The molecule has 0 aliphatic rings. The highest BCUT2D eigenvalue weighted by molar-refractivity contribution is 8.01. The topological polar surface area (TPSA) is 85.4 Å². The van der Waals surface area contributed by atoms with Crippen molar-refractivity contribution in [2.75, 3.05) is 38.4 Å². The third-order valence-corrected chi connectivity index (χ3v) is 4.87. The van der Waals surface area contributed by atoms with Crippen LogP contribution >= 0.6 is 23.1 Å². The van der Waals surface area contributed by atoms with Crippen LogP contribution in [-0.4, -0.2) is 49.2 Å². The van der Waals surface area contributed by atoms with Crippen LogP contribution in [0.5, 0.6) is 5.75 Å². The average Bonchev–Trinajstić information content (AvgIpc) is 3.04. The van der Waals surface area contributed by atoms with Gasteiger partial charge in [-0.1, -0.05) is 29.2 Å². The maximum absolute atomic E-state index is 11.7. The van der Waals surface area contributed by atoms with Gasteiger partial charge in [-0.05, 0) is 18.6 Å². The van der Waals surface area contributed by atoms with Crippen LogP contribution < -0.4 is 15.4 Å². The molecule has 1 aromatic heterocycles. The lowest BCUT2D eigenvalue weighted by Crippen LogP contribution is -2.26. The van der Waals surface area contributed by atoms with E-state index in [0.29, 0.717) is 24.0 Å². The molecule has 0 bridgehead atoms. The summed E-state index contributed by atoms with van der Waals surface area (Å²) in [5, 5.41) is 14.8. The van der Waals surface area contributed by atoms with Crippen molar-refractivity contribution in [3.05, 3.63) is 24.3 Å². The van der Waals surface area contributed by atoms with E-state index in [4.69, 9.17) is 9.47 Å². The fourth-order valence-electron chi connectivity index (χ4n) is 1.77. The number of nitrogens with zero attached hydrogens (tertiary/aromatic N) is 2. The molecule has 1 aromatic carbocycles. The van der Waals surface area contributed by atoms with Gasteiger partial charge in [-0.15, -0.1) is 10.2 Å². The van der Waals surface area contributed by atoms with Crippen LogP contribution in [-0.2, 0) is 9.53 Å². The largest absolute Gasteiger partial charge is 0.497 e. The Balaban J connectivity index is 1.77. The lowest BCUT2D eigenvalue weighted by atomic mass is 10.3. The molecule has 7 nitrogen and oxygen atoms in total. The molecule has 0 spiro atoms. The van der Waals surface area contributed by atoms with Gasteiger partial charge in [0.05, 0.1) is 12.9 Å². The fourth-order valence-corrected chi connectivity index (χ4v) is 3.37. The molecule has 1 amide bonds. The van der Waals surface area contributed by atoms with E-state index in [0.717, 1.165) is 22.2 Å². The number of carbonyl (C=O) groups is 1. The predicted molar refractivity (Wildman–Crippen MR) is 96.4 cm³/mol. The number of carbonyl (C=O) groups excluding carboxylic acids is 1. The summed E-state index contributed by atoms with van der Waals surface area (Å²) in [6.07, 6.45) is 0.806. The SMILES string of the molecule is COCCCNC(=O)CSc1nnc(Nc2cccc(OC)c2)s1. The Morgan fingerprint density at radius 2 is 2.21 bits per heavy atom. The Bertz CT molecular complexity index is 651. The van der Waals surface area contributed by atoms with E-state index in [2.05, 4.69) is 20.8 Å². The minimum Gasteiger partial charge on any atom is -0.497 e. The molecule has 2 aromatic rings. The molecule has 2 rings (SSSR count). The minimum atomic E-state index is -0.0198. The maximum atomic E-state index is 11.7. The number of methoxy groups -OCH3 is 2. The Morgan fingerprint density at radius 3 is 3.00 bits per heavy atom. The summed E-state index contributed by atoms with van der Waals surface area (Å²) in [4.78, 5) is 11.7. The summed E-state index contributed by atoms with van der Waals surface area (Å²) in [5.41, 5.74) is 0.873. The standard InChI is InChI=1S/C15H20N4O3S2/c1-21-8-4-7-16-13(20)10-23-15-19-18-14(24-15)17-11-5-3-6-12(9-11)22-2/h3,5-6,9H,4,7-8,10H2,1-2H3,(H,16,20)(H,17,18). The molecule has 0 saturated heterocycles. The number of amides is 1. The van der Waals surface area contributed by atoms with Crippen molar-refractivity contribution in [3.63, 3.8) is 0 Å². The summed E-state index contributed by atoms with van der Waals surface area (Å²) < 4.78 is 10.9. The first-order chi connectivity index (χ1) is 11.7. The smallest absolute Gasteiger partial charge is 0.230 e. The first-order valence-corrected chi connectivity index (χ1v) is 9.14. The first-order valence-electron chi connectivity index (χ1n) is 7.34. The van der Waals surface area contributed by atoms with Crippen molar-refractivity contribution in [2.45, 2.75) is 10.8 Å². The molecule has 0 fully saturated rings. The Labute approximate surface area is 149 Å². The molecule has 0 aliphatic heterocycles. The Kier molecular flexibility index (Phi) is 7.80. The molecule has 1 heterocycles. The second-order valence-electron chi connectivity index (χ2n) is 4.72. The van der Waals surface area contributed by atoms with Gasteiger partial charge in [0.1, 0.15) is 5.75 Å². The van der Waals surface area contributed by atoms with Crippen LogP contribution in [0.1, 0.15) is 6.42 Å². The van der Waals surface area contributed by atoms with Gasteiger partial charge < -0.3 is 20.1 Å². The van der Waals surface area contributed by atoms with Crippen molar-refractivity contribution in [3.8, 4) is 5.75 Å². The van der Waals surface area contributed by atoms with E-state index in [9.17, 15) is 4.79 Å². The number of aromatic nitrogens is 2. The zero-order valence-corrected chi connectivity index (χ0v) is 15.2. The molecular weight excluding hydrogens is 348 g/mol. The number of hydrogen-bond donors (Lipinski definition) is 2. The zero-order chi connectivity index (χ0) is 17.2. The fraction of sp³-hybridized carbons (Fsp3) is 0.400. The van der Waals surface area contributed by atoms with Gasteiger partial charge in [0.2, 0.25) is 11.0 Å². The third kappa shape index (κ3) is 6.34. The first kappa shape index (κ1) is 18.5. The molecule has 24 heavy (non-hydrogen) atoms. The molecule has 0 saturated carbocycles. The monoisotopic (exact) mass is 368 g/mol. The molecule has 0 radical (unpaired) electrons. The molecule has 9 heteroatoms. The van der Waals surface area contributed by atoms with Crippen molar-refractivity contribution >= 4 is 39.8 Å². The van der Waals surface area contributed by atoms with Crippen molar-refractivity contribution in [2.24, 2.45) is 0 Å². The van der Waals surface area contributed by atoms with E-state index >= 15 is 0 Å². The number of rotatable bonds is 10. The van der Waals surface area contributed by atoms with Gasteiger partial charge in [0.15, 0.2) is 4.34 Å². The number of hydrogen-bond acceptors (Lipinski definition) is 8. The Morgan fingerprint density at radius 1 is 1.33 bits per heavy atom. The van der Waals surface area contributed by atoms with Gasteiger partial charge in [-0.25, -0.2) is 0 Å². The van der Waals surface area contributed by atoms with Crippen LogP contribution in [0.4, 0.5) is 10.8 Å². The lowest BCUT2D eigenvalue weighted by molar-refractivity contribution is -0.118. The normalized spacial score (nSPS) is 10.4. The van der Waals surface area contributed by atoms with E-state index in [1.54, 1.807) is 14.2 Å². The number of thioether (sulfide) groups is 1. The van der Waals surface area contributed by atoms with Crippen LogP contribution in [0.15, 0.2) is 28.6 Å². The van der Waals surface area contributed by atoms with E-state index in [-0.39, 0.29) is 5.91 Å². The van der Waals surface area contributed by atoms with Crippen molar-refractivity contribution in [1.29, 1.82) is 0 Å². The van der Waals surface area contributed by atoms with E-state index in [1.807, 2.05) is 24.3 Å². The van der Waals surface area contributed by atoms with Gasteiger partial charge in [0.25, 0.3) is 0 Å². The maximum Gasteiger partial charge on any atom is 0.230 e. The number of ether oxygens (including phenoxy) is 2.